The lowest BCUT2D eigenvalue weighted by atomic mass is 10.1. The van der Waals surface area contributed by atoms with Crippen molar-refractivity contribution in [2.45, 2.75) is 18.9 Å². The van der Waals surface area contributed by atoms with Gasteiger partial charge in [0.05, 0.1) is 4.92 Å². The summed E-state index contributed by atoms with van der Waals surface area (Å²) in [6.07, 6.45) is 2.12. The fourth-order valence-corrected chi connectivity index (χ4v) is 2.46. The lowest BCUT2D eigenvalue weighted by molar-refractivity contribution is -0.384. The van der Waals surface area contributed by atoms with E-state index in [0.717, 1.165) is 25.9 Å². The van der Waals surface area contributed by atoms with Crippen LogP contribution in [0.5, 0.6) is 0 Å². The van der Waals surface area contributed by atoms with Crippen LogP contribution in [0.2, 0.25) is 5.02 Å². The molecule has 0 aromatic heterocycles. The minimum atomic E-state index is -0.363. The van der Waals surface area contributed by atoms with Gasteiger partial charge in [0, 0.05) is 30.7 Å². The van der Waals surface area contributed by atoms with E-state index in [1.165, 1.54) is 6.07 Å². The number of anilines is 1. The molecule has 1 atom stereocenters. The molecular formula is C12H16ClN3O2. The predicted molar refractivity (Wildman–Crippen MR) is 72.4 cm³/mol. The molecule has 0 saturated carbocycles. The molecule has 0 bridgehead atoms. The molecule has 1 unspecified atom stereocenters. The number of rotatable bonds is 3. The predicted octanol–water partition coefficient (Wildman–Crippen LogP) is 2.44. The minimum absolute atomic E-state index is 0.104. The van der Waals surface area contributed by atoms with Crippen molar-refractivity contribution in [1.29, 1.82) is 0 Å². The molecule has 1 aliphatic heterocycles. The molecule has 2 rings (SSSR count). The molecule has 0 aliphatic carbocycles. The van der Waals surface area contributed by atoms with Gasteiger partial charge >= 0.3 is 0 Å². The van der Waals surface area contributed by atoms with Crippen molar-refractivity contribution < 1.29 is 4.92 Å². The Balaban J connectivity index is 2.30. The van der Waals surface area contributed by atoms with Crippen LogP contribution in [0.15, 0.2) is 18.2 Å². The third kappa shape index (κ3) is 2.73. The van der Waals surface area contributed by atoms with Crippen LogP contribution in [0.1, 0.15) is 12.8 Å². The van der Waals surface area contributed by atoms with Gasteiger partial charge in [-0.1, -0.05) is 11.6 Å². The number of hydrogen-bond acceptors (Lipinski definition) is 4. The average Bonchev–Trinajstić information content (AvgIpc) is 2.38. The van der Waals surface area contributed by atoms with Crippen molar-refractivity contribution in [1.82, 2.24) is 5.32 Å². The summed E-state index contributed by atoms with van der Waals surface area (Å²) < 4.78 is 0. The lowest BCUT2D eigenvalue weighted by Gasteiger charge is -2.33. The van der Waals surface area contributed by atoms with Crippen molar-refractivity contribution >= 4 is 23.0 Å². The van der Waals surface area contributed by atoms with E-state index in [9.17, 15) is 10.1 Å². The molecule has 1 N–H and O–H groups in total. The molecule has 18 heavy (non-hydrogen) atoms. The molecular weight excluding hydrogens is 254 g/mol. The molecule has 98 valence electrons. The number of hydrogen-bond donors (Lipinski definition) is 1. The van der Waals surface area contributed by atoms with Gasteiger partial charge in [0.1, 0.15) is 5.69 Å². The number of nitro groups is 1. The fraction of sp³-hybridized carbons (Fsp3) is 0.500. The Morgan fingerprint density at radius 3 is 2.94 bits per heavy atom. The summed E-state index contributed by atoms with van der Waals surface area (Å²) >= 11 is 5.94. The topological polar surface area (TPSA) is 58.4 Å². The molecule has 1 saturated heterocycles. The van der Waals surface area contributed by atoms with Crippen LogP contribution < -0.4 is 10.2 Å². The molecule has 6 heteroatoms. The highest BCUT2D eigenvalue weighted by Gasteiger charge is 2.24. The molecule has 1 aromatic rings. The van der Waals surface area contributed by atoms with Crippen LogP contribution in [0.4, 0.5) is 11.4 Å². The maximum absolute atomic E-state index is 11.0. The van der Waals surface area contributed by atoms with Gasteiger partial charge in [-0.3, -0.25) is 10.1 Å². The summed E-state index contributed by atoms with van der Waals surface area (Å²) in [5.74, 6) is 0. The molecule has 1 heterocycles. The highest BCUT2D eigenvalue weighted by molar-refractivity contribution is 6.31. The summed E-state index contributed by atoms with van der Waals surface area (Å²) in [4.78, 5) is 12.6. The standard InChI is InChI=1S/C12H16ClN3O2/c1-15(10-3-2-6-14-8-10)12-7-9(13)4-5-11(12)16(17)18/h4-5,7,10,14H,2-3,6,8H2,1H3. The van der Waals surface area contributed by atoms with E-state index < -0.39 is 0 Å². The third-order valence-corrected chi connectivity index (χ3v) is 3.57. The zero-order valence-corrected chi connectivity index (χ0v) is 11.0. The van der Waals surface area contributed by atoms with Crippen LogP contribution in [0.3, 0.4) is 0 Å². The van der Waals surface area contributed by atoms with Gasteiger partial charge in [-0.25, -0.2) is 0 Å². The zero-order chi connectivity index (χ0) is 13.1. The van der Waals surface area contributed by atoms with Gasteiger partial charge < -0.3 is 10.2 Å². The van der Waals surface area contributed by atoms with Crippen LogP contribution in [-0.2, 0) is 0 Å². The fourth-order valence-electron chi connectivity index (χ4n) is 2.29. The monoisotopic (exact) mass is 269 g/mol. The number of nitrogens with zero attached hydrogens (tertiary/aromatic N) is 2. The number of benzene rings is 1. The van der Waals surface area contributed by atoms with Crippen molar-refractivity contribution in [2.75, 3.05) is 25.0 Å². The lowest BCUT2D eigenvalue weighted by Crippen LogP contribution is -2.44. The van der Waals surface area contributed by atoms with Gasteiger partial charge in [0.2, 0.25) is 0 Å². The Morgan fingerprint density at radius 2 is 2.33 bits per heavy atom. The molecule has 1 fully saturated rings. The number of halogens is 1. The first-order valence-electron chi connectivity index (χ1n) is 5.97. The van der Waals surface area contributed by atoms with Gasteiger partial charge in [-0.05, 0) is 31.5 Å². The van der Waals surface area contributed by atoms with Crippen molar-refractivity contribution in [2.24, 2.45) is 0 Å². The first kappa shape index (κ1) is 13.1. The van der Waals surface area contributed by atoms with Crippen LogP contribution in [0, 0.1) is 10.1 Å². The second kappa shape index (κ2) is 5.54. The van der Waals surface area contributed by atoms with E-state index >= 15 is 0 Å². The van der Waals surface area contributed by atoms with Crippen LogP contribution in [-0.4, -0.2) is 31.1 Å². The first-order chi connectivity index (χ1) is 8.59. The average molecular weight is 270 g/mol. The van der Waals surface area contributed by atoms with E-state index in [4.69, 9.17) is 11.6 Å². The Kier molecular flexibility index (Phi) is 4.04. The molecule has 0 radical (unpaired) electrons. The third-order valence-electron chi connectivity index (χ3n) is 3.33. The van der Waals surface area contributed by atoms with E-state index in [2.05, 4.69) is 5.32 Å². The summed E-state index contributed by atoms with van der Waals surface area (Å²) in [5.41, 5.74) is 0.689. The number of piperidine rings is 1. The van der Waals surface area contributed by atoms with Crippen molar-refractivity contribution in [3.05, 3.63) is 33.3 Å². The molecule has 1 aliphatic rings. The van der Waals surface area contributed by atoms with Gasteiger partial charge in [-0.2, -0.15) is 0 Å². The van der Waals surface area contributed by atoms with E-state index in [1.807, 2.05) is 11.9 Å². The second-order valence-corrected chi connectivity index (χ2v) is 4.94. The highest BCUT2D eigenvalue weighted by Crippen LogP contribution is 2.32. The maximum Gasteiger partial charge on any atom is 0.292 e. The van der Waals surface area contributed by atoms with Gasteiger partial charge in [-0.15, -0.1) is 0 Å². The first-order valence-corrected chi connectivity index (χ1v) is 6.35. The molecule has 0 amide bonds. The van der Waals surface area contributed by atoms with E-state index in [1.54, 1.807) is 12.1 Å². The van der Waals surface area contributed by atoms with Crippen LogP contribution >= 0.6 is 11.6 Å². The number of nitro benzene ring substituents is 1. The maximum atomic E-state index is 11.0. The summed E-state index contributed by atoms with van der Waals surface area (Å²) in [6.45, 7) is 1.86. The largest absolute Gasteiger partial charge is 0.365 e. The SMILES string of the molecule is CN(c1cc(Cl)ccc1[N+](=O)[O-])C1CCCNC1. The van der Waals surface area contributed by atoms with Gasteiger partial charge in [0.25, 0.3) is 5.69 Å². The smallest absolute Gasteiger partial charge is 0.292 e. The normalized spacial score (nSPS) is 19.6. The second-order valence-electron chi connectivity index (χ2n) is 4.50. The van der Waals surface area contributed by atoms with E-state index in [0.29, 0.717) is 10.7 Å². The number of likely N-dealkylation sites (N-methyl/N-ethyl adjacent to an activating group) is 1. The van der Waals surface area contributed by atoms with E-state index in [-0.39, 0.29) is 16.7 Å². The Hall–Kier alpha value is -1.33. The van der Waals surface area contributed by atoms with Crippen LogP contribution in [0.25, 0.3) is 0 Å². The van der Waals surface area contributed by atoms with Crippen molar-refractivity contribution in [3.8, 4) is 0 Å². The Bertz CT molecular complexity index is 447. The van der Waals surface area contributed by atoms with Gasteiger partial charge in [0.15, 0.2) is 0 Å². The summed E-state index contributed by atoms with van der Waals surface area (Å²) in [5, 5.41) is 14.9. The number of nitrogens with one attached hydrogen (secondary N) is 1. The molecule has 0 spiro atoms. The summed E-state index contributed by atoms with van der Waals surface area (Å²) in [7, 11) is 1.89. The highest BCUT2D eigenvalue weighted by atomic mass is 35.5. The summed E-state index contributed by atoms with van der Waals surface area (Å²) in [6, 6.07) is 4.95. The quantitative estimate of drug-likeness (QED) is 0.676. The Labute approximate surface area is 111 Å². The molecule has 1 aromatic carbocycles. The molecule has 5 nitrogen and oxygen atoms in total. The minimum Gasteiger partial charge on any atom is -0.365 e. The van der Waals surface area contributed by atoms with Crippen molar-refractivity contribution in [3.63, 3.8) is 0 Å². The zero-order valence-electron chi connectivity index (χ0n) is 10.2. The Morgan fingerprint density at radius 1 is 1.56 bits per heavy atom.